The van der Waals surface area contributed by atoms with Gasteiger partial charge in [0.25, 0.3) is 0 Å². The summed E-state index contributed by atoms with van der Waals surface area (Å²) in [5.74, 6) is -2.17. The molecular formula is C24H19ClF6N4O3. The lowest BCUT2D eigenvalue weighted by Crippen LogP contribution is -2.41. The number of alkyl halides is 6. The number of amides is 1. The molecule has 2 N–H and O–H groups in total. The van der Waals surface area contributed by atoms with E-state index in [1.165, 1.54) is 37.3 Å². The molecule has 7 nitrogen and oxygen atoms in total. The Hall–Kier alpha value is -3.87. The number of benzene rings is 2. The molecule has 0 unspecified atom stereocenters. The minimum absolute atomic E-state index is 0.180. The van der Waals surface area contributed by atoms with E-state index >= 15 is 0 Å². The van der Waals surface area contributed by atoms with Crippen LogP contribution in [0.4, 0.5) is 26.3 Å². The monoisotopic (exact) mass is 560 g/mol. The predicted molar refractivity (Wildman–Crippen MR) is 126 cm³/mol. The van der Waals surface area contributed by atoms with E-state index in [1.54, 1.807) is 0 Å². The fraction of sp³-hybridized carbons (Fsp3) is 0.250. The van der Waals surface area contributed by atoms with Gasteiger partial charge in [0.2, 0.25) is 5.91 Å². The van der Waals surface area contributed by atoms with Crippen LogP contribution in [-0.2, 0) is 27.7 Å². The van der Waals surface area contributed by atoms with Gasteiger partial charge in [-0.15, -0.1) is 5.10 Å². The average molecular weight is 561 g/mol. The molecule has 14 heteroatoms. The third-order valence-corrected chi connectivity index (χ3v) is 5.89. The number of Topliss-reactive ketones (excluding diaryl/α,β-unsaturated/α-hetero) is 1. The van der Waals surface area contributed by atoms with Crippen molar-refractivity contribution in [3.63, 3.8) is 0 Å². The van der Waals surface area contributed by atoms with Gasteiger partial charge in [0.1, 0.15) is 6.54 Å². The standard InChI is InChI=1S/C24H19ClF6N4O3/c1-22(20(32)37,15-3-2-4-16(11-15)24(29,30)31)12-18(36)13-35-21(38)34(10-9-23(26,27)28)19(33-35)14-5-7-17(25)8-6-14/h2-11H,12-13H2,1H3,(H2,32,37)/b10-9+/t22-/m1/s1. The summed E-state index contributed by atoms with van der Waals surface area (Å²) in [5.41, 5.74) is 1.41. The van der Waals surface area contributed by atoms with Crippen LogP contribution in [0.5, 0.6) is 0 Å². The van der Waals surface area contributed by atoms with E-state index in [2.05, 4.69) is 5.10 Å². The van der Waals surface area contributed by atoms with Gasteiger partial charge in [-0.1, -0.05) is 29.8 Å². The molecule has 0 saturated carbocycles. The van der Waals surface area contributed by atoms with Crippen LogP contribution in [0.2, 0.25) is 5.02 Å². The summed E-state index contributed by atoms with van der Waals surface area (Å²) in [6.45, 7) is 0.378. The number of halogens is 7. The second kappa shape index (κ2) is 10.5. The SMILES string of the molecule is C[C@](CC(=O)Cn1nc(-c2ccc(Cl)cc2)n(/C=C/C(F)(F)F)c1=O)(C(N)=O)c1cccc(C(F)(F)F)c1. The third-order valence-electron chi connectivity index (χ3n) is 5.63. The van der Waals surface area contributed by atoms with Gasteiger partial charge in [-0.3, -0.25) is 9.59 Å². The Morgan fingerprint density at radius 2 is 1.63 bits per heavy atom. The second-order valence-corrected chi connectivity index (χ2v) is 8.92. The molecule has 1 aromatic heterocycles. The average Bonchev–Trinajstić information content (AvgIpc) is 3.11. The highest BCUT2D eigenvalue weighted by Gasteiger charge is 2.38. The molecule has 0 aliphatic carbocycles. The molecule has 0 aliphatic rings. The number of nitrogens with zero attached hydrogens (tertiary/aromatic N) is 3. The van der Waals surface area contributed by atoms with Crippen molar-refractivity contribution in [2.75, 3.05) is 0 Å². The molecule has 3 aromatic rings. The number of aromatic nitrogens is 3. The molecule has 0 bridgehead atoms. The summed E-state index contributed by atoms with van der Waals surface area (Å²) in [6, 6.07) is 9.35. The van der Waals surface area contributed by atoms with Crippen molar-refractivity contribution in [3.05, 3.63) is 81.2 Å². The minimum atomic E-state index is -4.76. The van der Waals surface area contributed by atoms with Gasteiger partial charge in [-0.2, -0.15) is 26.3 Å². The predicted octanol–water partition coefficient (Wildman–Crippen LogP) is 4.82. The van der Waals surface area contributed by atoms with Gasteiger partial charge in [-0.05, 0) is 42.8 Å². The molecule has 0 spiro atoms. The highest BCUT2D eigenvalue weighted by atomic mass is 35.5. The van der Waals surface area contributed by atoms with Gasteiger partial charge in [0.05, 0.1) is 11.0 Å². The number of hydrogen-bond donors (Lipinski definition) is 1. The van der Waals surface area contributed by atoms with Crippen LogP contribution in [-0.4, -0.2) is 32.2 Å². The van der Waals surface area contributed by atoms with Gasteiger partial charge in [-0.25, -0.2) is 14.0 Å². The van der Waals surface area contributed by atoms with Gasteiger partial charge >= 0.3 is 18.0 Å². The Morgan fingerprint density at radius 3 is 2.18 bits per heavy atom. The maximum Gasteiger partial charge on any atom is 0.416 e. The van der Waals surface area contributed by atoms with Crippen molar-refractivity contribution in [3.8, 4) is 11.4 Å². The molecule has 2 aromatic carbocycles. The van der Waals surface area contributed by atoms with Crippen LogP contribution in [0, 0.1) is 0 Å². The largest absolute Gasteiger partial charge is 0.416 e. The Labute approximate surface area is 216 Å². The Balaban J connectivity index is 1.98. The summed E-state index contributed by atoms with van der Waals surface area (Å²) < 4.78 is 79.0. The van der Waals surface area contributed by atoms with E-state index in [0.717, 1.165) is 12.1 Å². The summed E-state index contributed by atoms with van der Waals surface area (Å²) in [4.78, 5) is 38.0. The zero-order valence-corrected chi connectivity index (χ0v) is 20.2. The first kappa shape index (κ1) is 28.7. The van der Waals surface area contributed by atoms with Crippen molar-refractivity contribution in [1.29, 1.82) is 0 Å². The molecule has 3 rings (SSSR count). The molecule has 1 atom stereocenters. The Kier molecular flexibility index (Phi) is 7.91. The maximum atomic E-state index is 13.2. The summed E-state index contributed by atoms with van der Waals surface area (Å²) in [6.07, 6.45) is -9.95. The molecule has 1 amide bonds. The summed E-state index contributed by atoms with van der Waals surface area (Å²) in [5, 5.41) is 4.27. The smallest absolute Gasteiger partial charge is 0.369 e. The fourth-order valence-electron chi connectivity index (χ4n) is 3.60. The number of carbonyl (C=O) groups excluding carboxylic acids is 2. The number of primary amides is 1. The van der Waals surface area contributed by atoms with Gasteiger partial charge in [0, 0.05) is 29.3 Å². The molecule has 0 fully saturated rings. The molecule has 0 radical (unpaired) electrons. The van der Waals surface area contributed by atoms with E-state index in [9.17, 15) is 40.7 Å². The molecule has 1 heterocycles. The van der Waals surface area contributed by atoms with E-state index < -0.39 is 53.7 Å². The number of allylic oxidation sites excluding steroid dienone is 1. The first-order chi connectivity index (χ1) is 17.5. The van der Waals surface area contributed by atoms with Crippen molar-refractivity contribution in [2.45, 2.75) is 37.7 Å². The van der Waals surface area contributed by atoms with E-state index in [0.29, 0.717) is 26.5 Å². The van der Waals surface area contributed by atoms with Crippen molar-refractivity contribution in [2.24, 2.45) is 5.73 Å². The molecule has 202 valence electrons. The Bertz CT molecular complexity index is 1440. The van der Waals surface area contributed by atoms with Gasteiger partial charge < -0.3 is 5.73 Å². The fourth-order valence-corrected chi connectivity index (χ4v) is 3.73. The quantitative estimate of drug-likeness (QED) is 0.399. The number of hydrogen-bond acceptors (Lipinski definition) is 4. The highest BCUT2D eigenvalue weighted by molar-refractivity contribution is 6.30. The normalized spacial score (nSPS) is 14.0. The number of nitrogens with two attached hydrogens (primary N) is 1. The summed E-state index contributed by atoms with van der Waals surface area (Å²) in [7, 11) is 0. The lowest BCUT2D eigenvalue weighted by atomic mass is 9.77. The zero-order chi connectivity index (χ0) is 28.5. The van der Waals surface area contributed by atoms with Gasteiger partial charge in [0.15, 0.2) is 11.6 Å². The number of carbonyl (C=O) groups is 2. The van der Waals surface area contributed by atoms with Crippen LogP contribution >= 0.6 is 11.6 Å². The van der Waals surface area contributed by atoms with Crippen LogP contribution < -0.4 is 11.4 Å². The third kappa shape index (κ3) is 6.52. The van der Waals surface area contributed by atoms with E-state index in [4.69, 9.17) is 17.3 Å². The lowest BCUT2D eigenvalue weighted by molar-refractivity contribution is -0.137. The molecular weight excluding hydrogens is 542 g/mol. The highest BCUT2D eigenvalue weighted by Crippen LogP contribution is 2.34. The zero-order valence-electron chi connectivity index (χ0n) is 19.5. The number of ketones is 1. The molecule has 0 aliphatic heterocycles. The van der Waals surface area contributed by atoms with Crippen molar-refractivity contribution < 1.29 is 35.9 Å². The number of rotatable bonds is 8. The van der Waals surface area contributed by atoms with Crippen molar-refractivity contribution >= 4 is 29.5 Å². The van der Waals surface area contributed by atoms with E-state index in [1.807, 2.05) is 0 Å². The van der Waals surface area contributed by atoms with Crippen LogP contribution in [0.15, 0.2) is 59.4 Å². The maximum absolute atomic E-state index is 13.2. The van der Waals surface area contributed by atoms with Crippen LogP contribution in [0.25, 0.3) is 17.6 Å². The van der Waals surface area contributed by atoms with Crippen molar-refractivity contribution in [1.82, 2.24) is 14.3 Å². The van der Waals surface area contributed by atoms with Crippen LogP contribution in [0.3, 0.4) is 0 Å². The summed E-state index contributed by atoms with van der Waals surface area (Å²) >= 11 is 5.84. The van der Waals surface area contributed by atoms with Crippen LogP contribution in [0.1, 0.15) is 24.5 Å². The first-order valence-electron chi connectivity index (χ1n) is 10.7. The first-order valence-corrected chi connectivity index (χ1v) is 11.1. The Morgan fingerprint density at radius 1 is 1.03 bits per heavy atom. The van der Waals surface area contributed by atoms with E-state index in [-0.39, 0.29) is 23.0 Å². The lowest BCUT2D eigenvalue weighted by Gasteiger charge is -2.26. The molecule has 38 heavy (non-hydrogen) atoms. The minimum Gasteiger partial charge on any atom is -0.369 e. The topological polar surface area (TPSA) is 100.0 Å². The molecule has 0 saturated heterocycles. The second-order valence-electron chi connectivity index (χ2n) is 8.49.